The highest BCUT2D eigenvalue weighted by Gasteiger charge is 2.11. The van der Waals surface area contributed by atoms with Crippen LogP contribution in [0.5, 0.6) is 5.75 Å². The first kappa shape index (κ1) is 14.0. The Kier molecular flexibility index (Phi) is 4.56. The maximum atomic E-state index is 13.8. The SMILES string of the molecule is CC(NCc1ccccc1O)c1ccc(Br)cc1F. The molecule has 1 unspecified atom stereocenters. The Morgan fingerprint density at radius 3 is 2.68 bits per heavy atom. The predicted octanol–water partition coefficient (Wildman–Crippen LogP) is 4.14. The summed E-state index contributed by atoms with van der Waals surface area (Å²) in [5.74, 6) is 0.00476. The number of aromatic hydroxyl groups is 1. The van der Waals surface area contributed by atoms with Gasteiger partial charge >= 0.3 is 0 Å². The van der Waals surface area contributed by atoms with Gasteiger partial charge in [-0.05, 0) is 25.1 Å². The van der Waals surface area contributed by atoms with E-state index in [0.29, 0.717) is 12.1 Å². The molecule has 19 heavy (non-hydrogen) atoms. The van der Waals surface area contributed by atoms with E-state index in [1.165, 1.54) is 6.07 Å². The fraction of sp³-hybridized carbons (Fsp3) is 0.200. The van der Waals surface area contributed by atoms with Crippen LogP contribution in [0.3, 0.4) is 0 Å². The molecule has 2 aromatic carbocycles. The number of hydrogen-bond acceptors (Lipinski definition) is 2. The van der Waals surface area contributed by atoms with Gasteiger partial charge in [-0.3, -0.25) is 0 Å². The van der Waals surface area contributed by atoms with Crippen molar-refractivity contribution in [2.24, 2.45) is 0 Å². The van der Waals surface area contributed by atoms with Gasteiger partial charge in [0.25, 0.3) is 0 Å². The summed E-state index contributed by atoms with van der Waals surface area (Å²) >= 11 is 3.24. The van der Waals surface area contributed by atoms with Crippen molar-refractivity contribution in [1.29, 1.82) is 0 Å². The molecule has 0 aliphatic carbocycles. The zero-order valence-electron chi connectivity index (χ0n) is 10.5. The van der Waals surface area contributed by atoms with E-state index in [9.17, 15) is 9.50 Å². The standard InChI is InChI=1S/C15H15BrFNO/c1-10(13-7-6-12(16)8-14(13)17)18-9-11-4-2-3-5-15(11)19/h2-8,10,18-19H,9H2,1H3. The van der Waals surface area contributed by atoms with Crippen molar-refractivity contribution in [1.82, 2.24) is 5.32 Å². The Bertz CT molecular complexity index is 574. The number of phenols is 1. The van der Waals surface area contributed by atoms with Crippen LogP contribution in [0.4, 0.5) is 4.39 Å². The van der Waals surface area contributed by atoms with E-state index in [1.807, 2.05) is 25.1 Å². The number of phenolic OH excluding ortho intramolecular Hbond substituents is 1. The Morgan fingerprint density at radius 1 is 1.26 bits per heavy atom. The van der Waals surface area contributed by atoms with Gasteiger partial charge in [-0.2, -0.15) is 0 Å². The average molecular weight is 324 g/mol. The Balaban J connectivity index is 2.05. The number of rotatable bonds is 4. The van der Waals surface area contributed by atoms with Crippen LogP contribution in [0.2, 0.25) is 0 Å². The molecular weight excluding hydrogens is 309 g/mol. The quantitative estimate of drug-likeness (QED) is 0.886. The molecule has 2 N–H and O–H groups in total. The molecule has 2 rings (SSSR count). The fourth-order valence-electron chi connectivity index (χ4n) is 1.89. The summed E-state index contributed by atoms with van der Waals surface area (Å²) in [6, 6.07) is 12.0. The van der Waals surface area contributed by atoms with E-state index in [0.717, 1.165) is 10.0 Å². The van der Waals surface area contributed by atoms with E-state index >= 15 is 0 Å². The summed E-state index contributed by atoms with van der Waals surface area (Å²) in [6.07, 6.45) is 0. The van der Waals surface area contributed by atoms with Crippen molar-refractivity contribution in [3.63, 3.8) is 0 Å². The molecule has 0 heterocycles. The molecule has 0 bridgehead atoms. The van der Waals surface area contributed by atoms with Gasteiger partial charge in [0.2, 0.25) is 0 Å². The maximum absolute atomic E-state index is 13.8. The van der Waals surface area contributed by atoms with Gasteiger partial charge in [0.15, 0.2) is 0 Å². The van der Waals surface area contributed by atoms with E-state index in [4.69, 9.17) is 0 Å². The smallest absolute Gasteiger partial charge is 0.129 e. The molecule has 0 radical (unpaired) electrons. The second kappa shape index (κ2) is 6.17. The van der Waals surface area contributed by atoms with Crippen LogP contribution in [-0.4, -0.2) is 5.11 Å². The monoisotopic (exact) mass is 323 g/mol. The molecule has 0 aromatic heterocycles. The van der Waals surface area contributed by atoms with Gasteiger partial charge in [0, 0.05) is 28.2 Å². The second-order valence-corrected chi connectivity index (χ2v) is 5.31. The highest BCUT2D eigenvalue weighted by atomic mass is 79.9. The van der Waals surface area contributed by atoms with Crippen LogP contribution in [0, 0.1) is 5.82 Å². The first-order valence-electron chi connectivity index (χ1n) is 6.03. The molecule has 2 aromatic rings. The Morgan fingerprint density at radius 2 is 2.00 bits per heavy atom. The molecule has 0 amide bonds. The Labute approximate surface area is 120 Å². The van der Waals surface area contributed by atoms with Gasteiger partial charge in [-0.25, -0.2) is 4.39 Å². The van der Waals surface area contributed by atoms with Crippen molar-refractivity contribution in [2.75, 3.05) is 0 Å². The van der Waals surface area contributed by atoms with Gasteiger partial charge in [-0.1, -0.05) is 40.2 Å². The largest absolute Gasteiger partial charge is 0.508 e. The molecule has 0 aliphatic rings. The zero-order chi connectivity index (χ0) is 13.8. The first-order valence-corrected chi connectivity index (χ1v) is 6.82. The highest BCUT2D eigenvalue weighted by Crippen LogP contribution is 2.22. The normalized spacial score (nSPS) is 12.4. The summed E-state index contributed by atoms with van der Waals surface area (Å²) in [7, 11) is 0. The molecule has 4 heteroatoms. The maximum Gasteiger partial charge on any atom is 0.129 e. The molecule has 0 spiro atoms. The highest BCUT2D eigenvalue weighted by molar-refractivity contribution is 9.10. The lowest BCUT2D eigenvalue weighted by molar-refractivity contribution is 0.458. The van der Waals surface area contributed by atoms with Gasteiger partial charge in [0.05, 0.1) is 0 Å². The predicted molar refractivity (Wildman–Crippen MR) is 77.5 cm³/mol. The third-order valence-corrected chi connectivity index (χ3v) is 3.51. The second-order valence-electron chi connectivity index (χ2n) is 4.40. The molecule has 0 saturated carbocycles. The zero-order valence-corrected chi connectivity index (χ0v) is 12.1. The van der Waals surface area contributed by atoms with E-state index in [-0.39, 0.29) is 17.6 Å². The van der Waals surface area contributed by atoms with Crippen LogP contribution < -0.4 is 5.32 Å². The number of benzene rings is 2. The van der Waals surface area contributed by atoms with Crippen molar-refractivity contribution >= 4 is 15.9 Å². The Hall–Kier alpha value is -1.39. The fourth-order valence-corrected chi connectivity index (χ4v) is 2.22. The minimum atomic E-state index is -0.244. The lowest BCUT2D eigenvalue weighted by Gasteiger charge is -2.15. The summed E-state index contributed by atoms with van der Waals surface area (Å²) in [5, 5.41) is 12.9. The summed E-state index contributed by atoms with van der Waals surface area (Å²) in [5.41, 5.74) is 1.41. The number of hydrogen-bond donors (Lipinski definition) is 2. The first-order chi connectivity index (χ1) is 9.08. The molecule has 100 valence electrons. The topological polar surface area (TPSA) is 32.3 Å². The van der Waals surface area contributed by atoms with E-state index in [2.05, 4.69) is 21.2 Å². The molecular formula is C15H15BrFNO. The molecule has 0 fully saturated rings. The van der Waals surface area contributed by atoms with Gasteiger partial charge in [0.1, 0.15) is 11.6 Å². The van der Waals surface area contributed by atoms with Crippen LogP contribution in [0.1, 0.15) is 24.1 Å². The van der Waals surface area contributed by atoms with Crippen LogP contribution >= 0.6 is 15.9 Å². The van der Waals surface area contributed by atoms with Gasteiger partial charge in [-0.15, -0.1) is 0 Å². The number of para-hydroxylation sites is 1. The van der Waals surface area contributed by atoms with Crippen LogP contribution in [0.25, 0.3) is 0 Å². The number of halogens is 2. The van der Waals surface area contributed by atoms with E-state index < -0.39 is 0 Å². The minimum Gasteiger partial charge on any atom is -0.508 e. The van der Waals surface area contributed by atoms with Crippen molar-refractivity contribution in [2.45, 2.75) is 19.5 Å². The summed E-state index contributed by atoms with van der Waals surface area (Å²) < 4.78 is 14.5. The average Bonchev–Trinajstić information content (AvgIpc) is 2.37. The third-order valence-electron chi connectivity index (χ3n) is 3.02. The minimum absolute atomic E-state index is 0.132. The van der Waals surface area contributed by atoms with Gasteiger partial charge < -0.3 is 10.4 Å². The van der Waals surface area contributed by atoms with Crippen LogP contribution in [-0.2, 0) is 6.54 Å². The summed E-state index contributed by atoms with van der Waals surface area (Å²) in [4.78, 5) is 0. The third kappa shape index (κ3) is 3.55. The van der Waals surface area contributed by atoms with Crippen molar-refractivity contribution < 1.29 is 9.50 Å². The molecule has 0 saturated heterocycles. The van der Waals surface area contributed by atoms with Crippen molar-refractivity contribution in [3.05, 3.63) is 63.9 Å². The lowest BCUT2D eigenvalue weighted by Crippen LogP contribution is -2.19. The van der Waals surface area contributed by atoms with Crippen molar-refractivity contribution in [3.8, 4) is 5.75 Å². The molecule has 1 atom stereocenters. The number of nitrogens with one attached hydrogen (secondary N) is 1. The lowest BCUT2D eigenvalue weighted by atomic mass is 10.1. The summed E-state index contributed by atoms with van der Waals surface area (Å²) in [6.45, 7) is 2.38. The van der Waals surface area contributed by atoms with E-state index in [1.54, 1.807) is 18.2 Å². The molecule has 2 nitrogen and oxygen atoms in total. The molecule has 0 aliphatic heterocycles. The van der Waals surface area contributed by atoms with Crippen LogP contribution in [0.15, 0.2) is 46.9 Å².